The van der Waals surface area contributed by atoms with E-state index in [0.29, 0.717) is 35.4 Å². The summed E-state index contributed by atoms with van der Waals surface area (Å²) in [6.45, 7) is 2.37. The van der Waals surface area contributed by atoms with Gasteiger partial charge in [-0.1, -0.05) is 0 Å². The first-order valence-corrected chi connectivity index (χ1v) is 10.6. The first-order valence-electron chi connectivity index (χ1n) is 10.6. The summed E-state index contributed by atoms with van der Waals surface area (Å²) in [6, 6.07) is 9.66. The van der Waals surface area contributed by atoms with Crippen LogP contribution >= 0.6 is 0 Å². The number of carbonyl (C=O) groups excluding carboxylic acids is 1. The number of methoxy groups -OCH3 is 1. The van der Waals surface area contributed by atoms with E-state index in [1.165, 1.54) is 0 Å². The second-order valence-electron chi connectivity index (χ2n) is 8.42. The van der Waals surface area contributed by atoms with Gasteiger partial charge >= 0.3 is 0 Å². The fourth-order valence-electron chi connectivity index (χ4n) is 4.84. The highest BCUT2D eigenvalue weighted by atomic mass is 16.5. The van der Waals surface area contributed by atoms with E-state index in [0.717, 1.165) is 50.3 Å². The molecule has 2 atom stereocenters. The lowest BCUT2D eigenvalue weighted by molar-refractivity contribution is 0.0677. The summed E-state index contributed by atoms with van der Waals surface area (Å²) in [6.07, 6.45) is 5.95. The first kappa shape index (κ1) is 18.9. The molecule has 0 unspecified atom stereocenters. The molecule has 0 spiro atoms. The van der Waals surface area contributed by atoms with E-state index in [1.54, 1.807) is 25.4 Å². The highest BCUT2D eigenvalue weighted by molar-refractivity contribution is 5.95. The van der Waals surface area contributed by atoms with Crippen molar-refractivity contribution in [3.63, 3.8) is 0 Å². The van der Waals surface area contributed by atoms with Crippen molar-refractivity contribution in [1.29, 1.82) is 5.26 Å². The maximum Gasteiger partial charge on any atom is 0.255 e. The van der Waals surface area contributed by atoms with Crippen LogP contribution in [0.2, 0.25) is 0 Å². The van der Waals surface area contributed by atoms with Gasteiger partial charge in [-0.3, -0.25) is 4.79 Å². The minimum atomic E-state index is 0.0658. The standard InChI is InChI=1S/C23H25N5O2/c1-30-21-5-4-18(22(26-21)17-2-3-17)23(29)27-10-7-16-8-11-28(19(16)14-27)20-12-15(13-24)6-9-25-20/h4-6,9,12,16-17,19H,2-3,7-8,10-11,14H2,1H3/t16-,19-/m0/s1. The van der Waals surface area contributed by atoms with Crippen LogP contribution < -0.4 is 9.64 Å². The average molecular weight is 403 g/mol. The van der Waals surface area contributed by atoms with E-state index in [-0.39, 0.29) is 11.9 Å². The van der Waals surface area contributed by atoms with Gasteiger partial charge in [-0.05, 0) is 49.8 Å². The monoisotopic (exact) mass is 403 g/mol. The third kappa shape index (κ3) is 3.36. The number of fused-ring (bicyclic) bond motifs is 1. The number of likely N-dealkylation sites (tertiary alicyclic amines) is 1. The Morgan fingerprint density at radius 3 is 2.80 bits per heavy atom. The van der Waals surface area contributed by atoms with Crippen LogP contribution in [0.1, 0.15) is 53.2 Å². The Morgan fingerprint density at radius 1 is 1.20 bits per heavy atom. The van der Waals surface area contributed by atoms with Crippen molar-refractivity contribution >= 4 is 11.7 Å². The molecule has 2 aliphatic heterocycles. The minimum Gasteiger partial charge on any atom is -0.481 e. The molecule has 2 aromatic heterocycles. The topological polar surface area (TPSA) is 82.4 Å². The van der Waals surface area contributed by atoms with Crippen LogP contribution in [0, 0.1) is 17.2 Å². The SMILES string of the molecule is COc1ccc(C(=O)N2CC[C@H]3CCN(c4cc(C#N)ccn4)[C@H]3C2)c(C2CC2)n1. The van der Waals surface area contributed by atoms with Crippen LogP contribution in [0.3, 0.4) is 0 Å². The molecule has 7 nitrogen and oxygen atoms in total. The van der Waals surface area contributed by atoms with Crippen molar-refractivity contribution in [2.24, 2.45) is 5.92 Å². The third-order valence-electron chi connectivity index (χ3n) is 6.62. The van der Waals surface area contributed by atoms with Crippen molar-refractivity contribution in [2.75, 3.05) is 31.6 Å². The molecule has 1 saturated carbocycles. The fraction of sp³-hybridized carbons (Fsp3) is 0.478. The Hall–Kier alpha value is -3.14. The normalized spacial score (nSPS) is 23.1. The Kier molecular flexibility index (Phi) is 4.78. The molecule has 2 saturated heterocycles. The zero-order chi connectivity index (χ0) is 20.7. The predicted octanol–water partition coefficient (Wildman–Crippen LogP) is 2.98. The van der Waals surface area contributed by atoms with E-state index < -0.39 is 0 Å². The molecule has 154 valence electrons. The molecular weight excluding hydrogens is 378 g/mol. The van der Waals surface area contributed by atoms with Crippen molar-refractivity contribution in [2.45, 2.75) is 37.6 Å². The Labute approximate surface area is 176 Å². The number of hydrogen-bond donors (Lipinski definition) is 0. The second kappa shape index (κ2) is 7.60. The number of carbonyl (C=O) groups is 1. The molecule has 7 heteroatoms. The van der Waals surface area contributed by atoms with Crippen molar-refractivity contribution in [3.8, 4) is 11.9 Å². The molecule has 5 rings (SSSR count). The van der Waals surface area contributed by atoms with Crippen LogP contribution in [0.5, 0.6) is 5.88 Å². The summed E-state index contributed by atoms with van der Waals surface area (Å²) in [4.78, 5) is 26.8. The Morgan fingerprint density at radius 2 is 2.03 bits per heavy atom. The van der Waals surface area contributed by atoms with Gasteiger partial charge in [0.2, 0.25) is 5.88 Å². The minimum absolute atomic E-state index is 0.0658. The summed E-state index contributed by atoms with van der Waals surface area (Å²) in [5.41, 5.74) is 2.21. The number of anilines is 1. The Balaban J connectivity index is 1.38. The van der Waals surface area contributed by atoms with Gasteiger partial charge in [0.05, 0.1) is 36.0 Å². The number of ether oxygens (including phenoxy) is 1. The van der Waals surface area contributed by atoms with Crippen LogP contribution in [-0.2, 0) is 0 Å². The van der Waals surface area contributed by atoms with E-state index in [9.17, 15) is 10.1 Å². The lowest BCUT2D eigenvalue weighted by Gasteiger charge is -2.39. The highest BCUT2D eigenvalue weighted by Crippen LogP contribution is 2.42. The number of hydrogen-bond acceptors (Lipinski definition) is 6. The number of amides is 1. The van der Waals surface area contributed by atoms with E-state index in [2.05, 4.69) is 20.9 Å². The second-order valence-corrected chi connectivity index (χ2v) is 8.42. The predicted molar refractivity (Wildman–Crippen MR) is 111 cm³/mol. The van der Waals surface area contributed by atoms with Crippen LogP contribution in [0.4, 0.5) is 5.82 Å². The largest absolute Gasteiger partial charge is 0.481 e. The highest BCUT2D eigenvalue weighted by Gasteiger charge is 2.41. The van der Waals surface area contributed by atoms with Crippen molar-refractivity contribution < 1.29 is 9.53 Å². The third-order valence-corrected chi connectivity index (χ3v) is 6.62. The first-order chi connectivity index (χ1) is 14.7. The molecule has 1 amide bonds. The molecule has 0 radical (unpaired) electrons. The summed E-state index contributed by atoms with van der Waals surface area (Å²) >= 11 is 0. The molecule has 0 N–H and O–H groups in total. The summed E-state index contributed by atoms with van der Waals surface area (Å²) in [5.74, 6) is 2.39. The molecule has 3 aliphatic rings. The maximum atomic E-state index is 13.5. The van der Waals surface area contributed by atoms with Crippen LogP contribution in [-0.4, -0.2) is 53.6 Å². The molecule has 2 aromatic rings. The van der Waals surface area contributed by atoms with Gasteiger partial charge in [0.15, 0.2) is 0 Å². The quantitative estimate of drug-likeness (QED) is 0.781. The van der Waals surface area contributed by atoms with Gasteiger partial charge in [-0.2, -0.15) is 5.26 Å². The molecule has 3 fully saturated rings. The summed E-state index contributed by atoms with van der Waals surface area (Å²) < 4.78 is 5.28. The van der Waals surface area contributed by atoms with Crippen molar-refractivity contribution in [1.82, 2.24) is 14.9 Å². The molecule has 1 aliphatic carbocycles. The number of aromatic nitrogens is 2. The van der Waals surface area contributed by atoms with Gasteiger partial charge in [-0.15, -0.1) is 0 Å². The molecule has 0 aromatic carbocycles. The number of pyridine rings is 2. The zero-order valence-electron chi connectivity index (χ0n) is 17.1. The van der Waals surface area contributed by atoms with E-state index in [4.69, 9.17) is 4.74 Å². The van der Waals surface area contributed by atoms with Gasteiger partial charge in [0.1, 0.15) is 5.82 Å². The van der Waals surface area contributed by atoms with Crippen molar-refractivity contribution in [3.05, 3.63) is 47.3 Å². The number of piperidine rings is 1. The van der Waals surface area contributed by atoms with Gasteiger partial charge in [0, 0.05) is 37.8 Å². The smallest absolute Gasteiger partial charge is 0.255 e. The lowest BCUT2D eigenvalue weighted by Crippen LogP contribution is -2.50. The number of nitrogens with zero attached hydrogens (tertiary/aromatic N) is 5. The van der Waals surface area contributed by atoms with Gasteiger partial charge in [-0.25, -0.2) is 9.97 Å². The summed E-state index contributed by atoms with van der Waals surface area (Å²) in [5, 5.41) is 9.23. The fourth-order valence-corrected chi connectivity index (χ4v) is 4.84. The molecule has 0 bridgehead atoms. The maximum absolute atomic E-state index is 13.5. The van der Waals surface area contributed by atoms with E-state index in [1.807, 2.05) is 17.0 Å². The average Bonchev–Trinajstić information content (AvgIpc) is 3.56. The lowest BCUT2D eigenvalue weighted by atomic mass is 9.91. The number of nitriles is 1. The summed E-state index contributed by atoms with van der Waals surface area (Å²) in [7, 11) is 1.61. The van der Waals surface area contributed by atoms with Gasteiger partial charge in [0.25, 0.3) is 5.91 Å². The van der Waals surface area contributed by atoms with Crippen LogP contribution in [0.25, 0.3) is 0 Å². The van der Waals surface area contributed by atoms with Gasteiger partial charge < -0.3 is 14.5 Å². The van der Waals surface area contributed by atoms with E-state index >= 15 is 0 Å². The molecule has 4 heterocycles. The Bertz CT molecular complexity index is 1010. The zero-order valence-corrected chi connectivity index (χ0v) is 17.1. The number of rotatable bonds is 4. The van der Waals surface area contributed by atoms with Crippen LogP contribution in [0.15, 0.2) is 30.5 Å². The molecular formula is C23H25N5O2. The molecule has 30 heavy (non-hydrogen) atoms.